The Bertz CT molecular complexity index is 662. The van der Waals surface area contributed by atoms with Gasteiger partial charge in [-0.2, -0.15) is 0 Å². The minimum absolute atomic E-state index is 0.00843. The number of carboxylic acids is 1. The van der Waals surface area contributed by atoms with Crippen molar-refractivity contribution in [2.45, 2.75) is 6.54 Å². The molecule has 0 saturated carbocycles. The van der Waals surface area contributed by atoms with E-state index in [1.165, 1.54) is 6.07 Å². The molecule has 0 heterocycles. The molecule has 0 unspecified atom stereocenters. The Morgan fingerprint density at radius 3 is 2.65 bits per heavy atom. The van der Waals surface area contributed by atoms with Gasteiger partial charge in [0.05, 0.1) is 5.56 Å². The Labute approximate surface area is 122 Å². The van der Waals surface area contributed by atoms with E-state index in [2.05, 4.69) is 21.2 Å². The van der Waals surface area contributed by atoms with E-state index in [-0.39, 0.29) is 17.7 Å². The van der Waals surface area contributed by atoms with Gasteiger partial charge in [-0.05, 0) is 36.4 Å². The fourth-order valence-corrected chi connectivity index (χ4v) is 2.08. The van der Waals surface area contributed by atoms with Gasteiger partial charge in [-0.3, -0.25) is 0 Å². The maximum atomic E-state index is 13.5. The number of benzene rings is 2. The molecule has 2 N–H and O–H groups in total. The first-order valence-electron chi connectivity index (χ1n) is 5.68. The molecule has 104 valence electrons. The van der Waals surface area contributed by atoms with Crippen LogP contribution in [0.5, 0.6) is 0 Å². The van der Waals surface area contributed by atoms with Gasteiger partial charge in [0.15, 0.2) is 0 Å². The lowest BCUT2D eigenvalue weighted by atomic mass is 10.1. The molecule has 6 heteroatoms. The van der Waals surface area contributed by atoms with E-state index in [0.29, 0.717) is 10.2 Å². The van der Waals surface area contributed by atoms with Crippen molar-refractivity contribution in [3.63, 3.8) is 0 Å². The van der Waals surface area contributed by atoms with Crippen LogP contribution in [0.25, 0.3) is 0 Å². The van der Waals surface area contributed by atoms with Gasteiger partial charge in [-0.15, -0.1) is 0 Å². The van der Waals surface area contributed by atoms with Crippen LogP contribution in [0, 0.1) is 11.6 Å². The van der Waals surface area contributed by atoms with Gasteiger partial charge < -0.3 is 10.4 Å². The quantitative estimate of drug-likeness (QED) is 0.882. The molecule has 0 aliphatic rings. The Morgan fingerprint density at radius 2 is 1.95 bits per heavy atom. The van der Waals surface area contributed by atoms with Crippen LogP contribution >= 0.6 is 15.9 Å². The van der Waals surface area contributed by atoms with Gasteiger partial charge in [0.25, 0.3) is 0 Å². The topological polar surface area (TPSA) is 49.3 Å². The molecule has 0 fully saturated rings. The molecule has 2 aromatic carbocycles. The van der Waals surface area contributed by atoms with E-state index >= 15 is 0 Å². The number of carbonyl (C=O) groups is 1. The Hall–Kier alpha value is -1.95. The number of carboxylic acid groups (broad SMARTS) is 1. The zero-order chi connectivity index (χ0) is 14.7. The van der Waals surface area contributed by atoms with Crippen molar-refractivity contribution in [1.29, 1.82) is 0 Å². The first kappa shape index (κ1) is 14.5. The average Bonchev–Trinajstić information content (AvgIpc) is 2.40. The monoisotopic (exact) mass is 341 g/mol. The predicted molar refractivity (Wildman–Crippen MR) is 74.8 cm³/mol. The number of rotatable bonds is 4. The summed E-state index contributed by atoms with van der Waals surface area (Å²) >= 11 is 3.18. The number of hydrogen-bond acceptors (Lipinski definition) is 2. The number of halogens is 3. The second-order valence-electron chi connectivity index (χ2n) is 4.08. The lowest BCUT2D eigenvalue weighted by Crippen LogP contribution is -2.07. The zero-order valence-electron chi connectivity index (χ0n) is 10.2. The van der Waals surface area contributed by atoms with E-state index < -0.39 is 17.6 Å². The smallest absolute Gasteiger partial charge is 0.337 e. The van der Waals surface area contributed by atoms with Crippen LogP contribution < -0.4 is 5.32 Å². The van der Waals surface area contributed by atoms with Crippen LogP contribution in [0.1, 0.15) is 15.9 Å². The molecule has 0 aromatic heterocycles. The first-order valence-corrected chi connectivity index (χ1v) is 6.47. The fourth-order valence-electron chi connectivity index (χ4n) is 1.72. The Kier molecular flexibility index (Phi) is 4.34. The molecule has 2 rings (SSSR count). The molecule has 0 saturated heterocycles. The molecule has 0 bridgehead atoms. The molecule has 3 nitrogen and oxygen atoms in total. The van der Waals surface area contributed by atoms with E-state index in [1.807, 2.05) is 0 Å². The molecule has 2 aromatic rings. The third-order valence-corrected chi connectivity index (χ3v) is 3.18. The Morgan fingerprint density at radius 1 is 1.20 bits per heavy atom. The molecule has 20 heavy (non-hydrogen) atoms. The molecule has 0 radical (unpaired) electrons. The molecule has 0 aliphatic heterocycles. The number of hydrogen-bond donors (Lipinski definition) is 2. The zero-order valence-corrected chi connectivity index (χ0v) is 11.7. The van der Waals surface area contributed by atoms with Crippen molar-refractivity contribution in [3.05, 3.63) is 63.6 Å². The number of anilines is 1. The summed E-state index contributed by atoms with van der Waals surface area (Å²) in [6, 6.07) is 7.79. The lowest BCUT2D eigenvalue weighted by Gasteiger charge is -2.10. The van der Waals surface area contributed by atoms with Crippen molar-refractivity contribution in [1.82, 2.24) is 0 Å². The molecule has 0 aliphatic carbocycles. The summed E-state index contributed by atoms with van der Waals surface area (Å²) in [6.45, 7) is -0.00843. The van der Waals surface area contributed by atoms with Gasteiger partial charge in [-0.1, -0.05) is 15.9 Å². The van der Waals surface area contributed by atoms with Crippen LogP contribution in [0.15, 0.2) is 40.9 Å². The third-order valence-electron chi connectivity index (χ3n) is 2.69. The summed E-state index contributed by atoms with van der Waals surface area (Å²) in [7, 11) is 0. The van der Waals surface area contributed by atoms with E-state index in [1.54, 1.807) is 12.1 Å². The van der Waals surface area contributed by atoms with Crippen molar-refractivity contribution in [2.75, 3.05) is 5.32 Å². The van der Waals surface area contributed by atoms with E-state index in [4.69, 9.17) is 5.11 Å². The second kappa shape index (κ2) is 6.00. The largest absolute Gasteiger partial charge is 0.478 e. The second-order valence-corrected chi connectivity index (χ2v) is 5.00. The summed E-state index contributed by atoms with van der Waals surface area (Å²) in [6.07, 6.45) is 0. The third kappa shape index (κ3) is 3.33. The molecular weight excluding hydrogens is 332 g/mol. The van der Waals surface area contributed by atoms with Gasteiger partial charge in [0, 0.05) is 22.3 Å². The van der Waals surface area contributed by atoms with Gasteiger partial charge in [0.2, 0.25) is 0 Å². The summed E-state index contributed by atoms with van der Waals surface area (Å²) in [4.78, 5) is 11.1. The highest BCUT2D eigenvalue weighted by Gasteiger charge is 2.11. The minimum atomic E-state index is -1.10. The van der Waals surface area contributed by atoms with Crippen LogP contribution in [0.4, 0.5) is 14.5 Å². The molecule has 0 amide bonds. The number of nitrogens with one attached hydrogen (secondary N) is 1. The van der Waals surface area contributed by atoms with Crippen LogP contribution in [0.3, 0.4) is 0 Å². The van der Waals surface area contributed by atoms with Gasteiger partial charge in [0.1, 0.15) is 11.6 Å². The van der Waals surface area contributed by atoms with Gasteiger partial charge >= 0.3 is 5.97 Å². The van der Waals surface area contributed by atoms with Gasteiger partial charge in [-0.25, -0.2) is 13.6 Å². The van der Waals surface area contributed by atoms with E-state index in [9.17, 15) is 13.6 Å². The van der Waals surface area contributed by atoms with Crippen molar-refractivity contribution in [2.24, 2.45) is 0 Å². The highest BCUT2D eigenvalue weighted by atomic mass is 79.9. The van der Waals surface area contributed by atoms with Crippen LogP contribution in [-0.4, -0.2) is 11.1 Å². The summed E-state index contributed by atoms with van der Waals surface area (Å²) < 4.78 is 27.1. The molecule has 0 atom stereocenters. The highest BCUT2D eigenvalue weighted by molar-refractivity contribution is 9.10. The Balaban J connectivity index is 2.23. The van der Waals surface area contributed by atoms with E-state index in [0.717, 1.165) is 18.2 Å². The summed E-state index contributed by atoms with van der Waals surface area (Å²) in [5.41, 5.74) is 0.518. The lowest BCUT2D eigenvalue weighted by molar-refractivity contribution is 0.0698. The van der Waals surface area contributed by atoms with Crippen molar-refractivity contribution < 1.29 is 18.7 Å². The summed E-state index contributed by atoms with van der Waals surface area (Å²) in [5, 5.41) is 11.9. The maximum absolute atomic E-state index is 13.5. The predicted octanol–water partition coefficient (Wildman–Crippen LogP) is 4.04. The first-order chi connectivity index (χ1) is 9.47. The van der Waals surface area contributed by atoms with Crippen molar-refractivity contribution >= 4 is 27.6 Å². The van der Waals surface area contributed by atoms with Crippen LogP contribution in [0.2, 0.25) is 0 Å². The SMILES string of the molecule is O=C(O)c1cc(Br)ccc1NCc1cc(F)ccc1F. The fraction of sp³-hybridized carbons (Fsp3) is 0.0714. The molecular formula is C14H10BrF2NO2. The standard InChI is InChI=1S/C14H10BrF2NO2/c15-9-1-4-13(11(6-9)14(19)20)18-7-8-5-10(16)2-3-12(8)17/h1-6,18H,7H2,(H,19,20). The normalized spacial score (nSPS) is 10.3. The molecule has 0 spiro atoms. The number of aromatic carboxylic acids is 1. The average molecular weight is 342 g/mol. The highest BCUT2D eigenvalue weighted by Crippen LogP contribution is 2.22. The summed E-state index contributed by atoms with van der Waals surface area (Å²) in [5.74, 6) is -2.20. The van der Waals surface area contributed by atoms with Crippen LogP contribution in [-0.2, 0) is 6.54 Å². The minimum Gasteiger partial charge on any atom is -0.478 e. The van der Waals surface area contributed by atoms with Crippen molar-refractivity contribution in [3.8, 4) is 0 Å². The maximum Gasteiger partial charge on any atom is 0.337 e.